The fourth-order valence-electron chi connectivity index (χ4n) is 6.57. The van der Waals surface area contributed by atoms with Gasteiger partial charge in [0.2, 0.25) is 0 Å². The van der Waals surface area contributed by atoms with Gasteiger partial charge < -0.3 is 20.1 Å². The van der Waals surface area contributed by atoms with Crippen molar-refractivity contribution in [2.75, 3.05) is 11.9 Å². The third-order valence-corrected chi connectivity index (χ3v) is 9.30. The molecule has 2 aromatic carbocycles. The third kappa shape index (κ3) is 8.69. The Labute approximate surface area is 287 Å². The van der Waals surface area contributed by atoms with Gasteiger partial charge in [0.1, 0.15) is 17.5 Å². The monoisotopic (exact) mass is 654 g/mol. The summed E-state index contributed by atoms with van der Waals surface area (Å²) in [4.78, 5) is 33.2. The molecule has 1 aliphatic carbocycles. The number of nitrogens with one attached hydrogen (secondary N) is 2. The summed E-state index contributed by atoms with van der Waals surface area (Å²) in [5.41, 5.74) is 5.48. The Hall–Kier alpha value is -4.07. The van der Waals surface area contributed by atoms with Crippen molar-refractivity contribution in [2.45, 2.75) is 129 Å². The van der Waals surface area contributed by atoms with Crippen LogP contribution in [0, 0.1) is 6.92 Å². The number of aryl methyl sites for hydroxylation is 2. The van der Waals surface area contributed by atoms with Crippen LogP contribution in [-0.4, -0.2) is 40.3 Å². The van der Waals surface area contributed by atoms with Gasteiger partial charge >= 0.3 is 12.2 Å². The minimum atomic E-state index is -0.648. The van der Waals surface area contributed by atoms with Crippen LogP contribution in [0.15, 0.2) is 60.7 Å². The molecule has 0 radical (unpaired) electrons. The highest BCUT2D eigenvalue weighted by Crippen LogP contribution is 2.53. The Morgan fingerprint density at radius 2 is 1.79 bits per heavy atom. The quantitative estimate of drug-likeness (QED) is 0.189. The largest absolute Gasteiger partial charge is 0.444 e. The summed E-state index contributed by atoms with van der Waals surface area (Å²) in [6.45, 7) is 16.8. The lowest BCUT2D eigenvalue weighted by Crippen LogP contribution is -2.38. The summed E-state index contributed by atoms with van der Waals surface area (Å²) in [6, 6.07) is 20.4. The second-order valence-corrected chi connectivity index (χ2v) is 15.6. The average molecular weight is 655 g/mol. The Kier molecular flexibility index (Phi) is 10.4. The van der Waals surface area contributed by atoms with Crippen LogP contribution in [0.2, 0.25) is 0 Å². The number of hydrogen-bond donors (Lipinski definition) is 2. The molecule has 1 unspecified atom stereocenters. The van der Waals surface area contributed by atoms with E-state index >= 15 is 0 Å². The van der Waals surface area contributed by atoms with E-state index in [9.17, 15) is 9.59 Å². The summed E-state index contributed by atoms with van der Waals surface area (Å²) in [6.07, 6.45) is 5.26. The Balaban J connectivity index is 1.41. The summed E-state index contributed by atoms with van der Waals surface area (Å²) in [5, 5.41) is 6.64. The maximum absolute atomic E-state index is 13.5. The minimum absolute atomic E-state index is 0.0116. The minimum Gasteiger partial charge on any atom is -0.444 e. The fraction of sp³-hybridized carbons (Fsp3) is 0.525. The van der Waals surface area contributed by atoms with Crippen molar-refractivity contribution >= 4 is 23.7 Å². The maximum Gasteiger partial charge on any atom is 0.410 e. The van der Waals surface area contributed by atoms with E-state index in [4.69, 9.17) is 9.47 Å². The molecule has 8 nitrogen and oxygen atoms in total. The number of carbonyl (C=O) groups is 2. The normalized spacial score (nSPS) is 17.9. The van der Waals surface area contributed by atoms with Gasteiger partial charge in [-0.15, -0.1) is 0 Å². The van der Waals surface area contributed by atoms with Crippen molar-refractivity contribution in [3.8, 4) is 0 Å². The number of aromatic nitrogens is 1. The average Bonchev–Trinajstić information content (AvgIpc) is 3.72. The van der Waals surface area contributed by atoms with Crippen LogP contribution in [0.1, 0.15) is 121 Å². The summed E-state index contributed by atoms with van der Waals surface area (Å²) < 4.78 is 11.7. The van der Waals surface area contributed by atoms with E-state index in [0.29, 0.717) is 13.0 Å². The molecule has 2 N–H and O–H groups in total. The first-order valence-electron chi connectivity index (χ1n) is 17.6. The van der Waals surface area contributed by atoms with E-state index in [1.54, 1.807) is 0 Å². The number of rotatable bonds is 12. The number of pyridine rings is 1. The molecule has 3 aromatic rings. The molecular formula is C40H54N4O4. The maximum atomic E-state index is 13.5. The van der Waals surface area contributed by atoms with Crippen molar-refractivity contribution in [3.63, 3.8) is 0 Å². The number of nitrogens with zero attached hydrogens (tertiary/aromatic N) is 2. The Morgan fingerprint density at radius 1 is 1.04 bits per heavy atom. The van der Waals surface area contributed by atoms with Crippen LogP contribution in [-0.2, 0) is 26.8 Å². The van der Waals surface area contributed by atoms with Gasteiger partial charge in [0.15, 0.2) is 0 Å². The van der Waals surface area contributed by atoms with Crippen molar-refractivity contribution in [1.82, 2.24) is 15.2 Å². The Bertz CT molecular complexity index is 1600. The molecule has 2 atom stereocenters. The molecule has 0 spiro atoms. The zero-order valence-corrected chi connectivity index (χ0v) is 30.1. The molecule has 258 valence electrons. The topological polar surface area (TPSA) is 92.8 Å². The molecule has 0 bridgehead atoms. The van der Waals surface area contributed by atoms with Crippen molar-refractivity contribution in [2.24, 2.45) is 0 Å². The lowest BCUT2D eigenvalue weighted by molar-refractivity contribution is 0.0486. The highest BCUT2D eigenvalue weighted by Gasteiger charge is 2.55. The molecule has 5 rings (SSSR count). The number of hydrogen-bond acceptors (Lipinski definition) is 6. The van der Waals surface area contributed by atoms with E-state index in [1.165, 1.54) is 11.1 Å². The van der Waals surface area contributed by atoms with E-state index < -0.39 is 23.8 Å². The number of alkyl carbamates (subject to hydrolysis) is 1. The van der Waals surface area contributed by atoms with Gasteiger partial charge in [-0.1, -0.05) is 83.0 Å². The smallest absolute Gasteiger partial charge is 0.410 e. The zero-order valence-electron chi connectivity index (χ0n) is 30.1. The highest BCUT2D eigenvalue weighted by atomic mass is 16.6. The number of ether oxygens (including phenoxy) is 2. The van der Waals surface area contributed by atoms with Gasteiger partial charge in [0, 0.05) is 17.8 Å². The van der Waals surface area contributed by atoms with Gasteiger partial charge in [0.25, 0.3) is 0 Å². The van der Waals surface area contributed by atoms with Crippen molar-refractivity contribution in [1.29, 1.82) is 0 Å². The summed E-state index contributed by atoms with van der Waals surface area (Å²) >= 11 is 0. The van der Waals surface area contributed by atoms with E-state index in [0.717, 1.165) is 66.9 Å². The molecule has 8 heteroatoms. The molecule has 2 amide bonds. The van der Waals surface area contributed by atoms with Crippen LogP contribution in [0.25, 0.3) is 0 Å². The van der Waals surface area contributed by atoms with Crippen LogP contribution >= 0.6 is 0 Å². The van der Waals surface area contributed by atoms with Crippen LogP contribution in [0.3, 0.4) is 0 Å². The summed E-state index contributed by atoms with van der Waals surface area (Å²) in [7, 11) is 0. The van der Waals surface area contributed by atoms with Gasteiger partial charge in [0.05, 0.1) is 18.1 Å². The zero-order chi connectivity index (χ0) is 34.7. The Morgan fingerprint density at radius 3 is 2.46 bits per heavy atom. The molecule has 1 saturated heterocycles. The summed E-state index contributed by atoms with van der Waals surface area (Å²) in [5.74, 6) is 0.794. The third-order valence-electron chi connectivity index (χ3n) is 9.30. The van der Waals surface area contributed by atoms with Gasteiger partial charge in [-0.3, -0.25) is 4.90 Å². The molecule has 2 heterocycles. The number of benzene rings is 2. The van der Waals surface area contributed by atoms with Crippen molar-refractivity contribution in [3.05, 3.63) is 88.6 Å². The first-order chi connectivity index (χ1) is 22.7. The molecule has 1 saturated carbocycles. The molecule has 2 fully saturated rings. The van der Waals surface area contributed by atoms with Gasteiger partial charge in [-0.05, 0) is 99.2 Å². The van der Waals surface area contributed by atoms with Crippen LogP contribution < -0.4 is 10.6 Å². The standard InChI is InChI=1S/C40H54N4O4/c1-9-10-11-15-28-23-29(19-20-33(28)42-35-18-12-14-27(2)41-35)34(43-36(45)48-39(6,7)8)25-32-26-44(37(46)47-32)40(21-22-40)31-17-13-16-30(24-31)38(3,4)5/h12-14,16-20,23-24,32,34H,9-11,15,21-22,25-26H2,1-8H3,(H,41,42)(H,43,45)/t32-,34?/m1/s1. The van der Waals surface area contributed by atoms with Crippen molar-refractivity contribution < 1.29 is 19.1 Å². The predicted molar refractivity (Wildman–Crippen MR) is 192 cm³/mol. The lowest BCUT2D eigenvalue weighted by atomic mass is 9.85. The number of anilines is 2. The fourth-order valence-corrected chi connectivity index (χ4v) is 6.57. The predicted octanol–water partition coefficient (Wildman–Crippen LogP) is 9.63. The van der Waals surface area contributed by atoms with E-state index in [2.05, 4.69) is 79.7 Å². The molecule has 1 aromatic heterocycles. The highest BCUT2D eigenvalue weighted by molar-refractivity contribution is 5.73. The lowest BCUT2D eigenvalue weighted by Gasteiger charge is -2.28. The molecule has 2 aliphatic rings. The van der Waals surface area contributed by atoms with E-state index in [1.807, 2.05) is 56.9 Å². The number of unbranched alkanes of at least 4 members (excludes halogenated alkanes) is 2. The van der Waals surface area contributed by atoms with Gasteiger partial charge in [-0.25, -0.2) is 14.6 Å². The molecule has 48 heavy (non-hydrogen) atoms. The molecule has 1 aliphatic heterocycles. The first kappa shape index (κ1) is 35.2. The second-order valence-electron chi connectivity index (χ2n) is 15.6. The number of carbonyl (C=O) groups excluding carboxylic acids is 2. The van der Waals surface area contributed by atoms with Crippen LogP contribution in [0.5, 0.6) is 0 Å². The molecular weight excluding hydrogens is 600 g/mol. The number of cyclic esters (lactones) is 1. The van der Waals surface area contributed by atoms with E-state index in [-0.39, 0.29) is 17.0 Å². The van der Waals surface area contributed by atoms with Crippen LogP contribution in [0.4, 0.5) is 21.1 Å². The van der Waals surface area contributed by atoms with Gasteiger partial charge in [-0.2, -0.15) is 0 Å². The SMILES string of the molecule is CCCCCc1cc(C(C[C@@H]2CN(C3(c4cccc(C(C)(C)C)c4)CC3)C(=O)O2)NC(=O)OC(C)(C)C)ccc1Nc1cccc(C)n1. The second kappa shape index (κ2) is 14.2. The number of amides is 2. The first-order valence-corrected chi connectivity index (χ1v) is 17.6.